The molecule has 1 amide bonds. The Morgan fingerprint density at radius 3 is 2.71 bits per heavy atom. The van der Waals surface area contributed by atoms with Gasteiger partial charge in [-0.3, -0.25) is 4.99 Å². The summed E-state index contributed by atoms with van der Waals surface area (Å²) in [5.74, 6) is 0.923. The summed E-state index contributed by atoms with van der Waals surface area (Å²) in [5, 5.41) is 0.679. The number of hydrogen-bond acceptors (Lipinski definition) is 6. The number of H-pyrrole nitrogens is 1. The normalized spacial score (nSPS) is 11.3. The Labute approximate surface area is 204 Å². The molecule has 3 rings (SSSR count). The maximum absolute atomic E-state index is 12.6. The third kappa shape index (κ3) is 7.77. The fourth-order valence-corrected chi connectivity index (χ4v) is 3.44. The number of halogens is 1. The number of aliphatic imine (C=N–C) groups is 1. The second kappa shape index (κ2) is 13.2. The molecular formula is C24H30ClN7O2. The van der Waals surface area contributed by atoms with Gasteiger partial charge in [-0.2, -0.15) is 0 Å². The number of nitrogens with zero attached hydrogens (tertiary/aromatic N) is 5. The zero-order valence-electron chi connectivity index (χ0n) is 19.2. The molecule has 0 aliphatic carbocycles. The second-order valence-electron chi connectivity index (χ2n) is 7.51. The quantitative estimate of drug-likeness (QED) is 0.243. The number of imidazole rings is 1. The van der Waals surface area contributed by atoms with Crippen LogP contribution in [0.25, 0.3) is 0 Å². The topological polar surface area (TPSA) is 113 Å². The maximum atomic E-state index is 12.6. The van der Waals surface area contributed by atoms with Crippen molar-refractivity contribution in [2.75, 3.05) is 31.1 Å². The van der Waals surface area contributed by atoms with E-state index in [-0.39, 0.29) is 12.6 Å². The number of aromatic amines is 1. The molecule has 0 spiro atoms. The molecule has 3 N–H and O–H groups in total. The van der Waals surface area contributed by atoms with Gasteiger partial charge in [-0.25, -0.2) is 19.7 Å². The number of rotatable bonds is 11. The molecule has 0 unspecified atom stereocenters. The number of aryl methyl sites for hydroxylation is 1. The van der Waals surface area contributed by atoms with Gasteiger partial charge in [0, 0.05) is 49.3 Å². The zero-order valence-corrected chi connectivity index (χ0v) is 20.0. The summed E-state index contributed by atoms with van der Waals surface area (Å²) in [5.41, 5.74) is 8.31. The number of nitrogens with one attached hydrogen (secondary N) is 1. The number of hydrogen-bond donors (Lipinski definition) is 2. The van der Waals surface area contributed by atoms with E-state index in [4.69, 9.17) is 22.1 Å². The number of nitrogens with two attached hydrogens (primary N) is 1. The lowest BCUT2D eigenvalue weighted by molar-refractivity contribution is 0.128. The van der Waals surface area contributed by atoms with Crippen molar-refractivity contribution in [3.63, 3.8) is 0 Å². The zero-order chi connectivity index (χ0) is 24.2. The highest BCUT2D eigenvalue weighted by Gasteiger charge is 2.20. The van der Waals surface area contributed by atoms with Crippen LogP contribution < -0.4 is 10.6 Å². The number of benzene rings is 1. The van der Waals surface area contributed by atoms with Crippen LogP contribution in [-0.2, 0) is 17.7 Å². The van der Waals surface area contributed by atoms with E-state index in [0.717, 1.165) is 29.9 Å². The van der Waals surface area contributed by atoms with Crippen molar-refractivity contribution in [1.29, 1.82) is 0 Å². The summed E-state index contributed by atoms with van der Waals surface area (Å²) in [6.45, 7) is 3.84. The molecule has 180 valence electrons. The van der Waals surface area contributed by atoms with E-state index in [1.54, 1.807) is 25.6 Å². The van der Waals surface area contributed by atoms with E-state index in [1.165, 1.54) is 4.90 Å². The first-order valence-corrected chi connectivity index (χ1v) is 11.6. The van der Waals surface area contributed by atoms with Gasteiger partial charge in [0.1, 0.15) is 5.82 Å². The molecule has 34 heavy (non-hydrogen) atoms. The minimum Gasteiger partial charge on any atom is -0.449 e. The summed E-state index contributed by atoms with van der Waals surface area (Å²) in [7, 11) is 0. The molecule has 0 fully saturated rings. The molecule has 0 radical (unpaired) electrons. The average Bonchev–Trinajstić information content (AvgIpc) is 3.37. The number of aromatic nitrogens is 3. The molecular weight excluding hydrogens is 454 g/mol. The Hall–Kier alpha value is -3.59. The second-order valence-corrected chi connectivity index (χ2v) is 7.94. The number of guanidine groups is 1. The van der Waals surface area contributed by atoms with E-state index in [2.05, 4.69) is 24.8 Å². The molecule has 0 saturated heterocycles. The van der Waals surface area contributed by atoms with Gasteiger partial charge in [-0.1, -0.05) is 29.8 Å². The number of anilines is 1. The lowest BCUT2D eigenvalue weighted by atomic mass is 10.2. The first-order chi connectivity index (χ1) is 16.6. The number of carbonyl (C=O) groups excluding carboxylic acids is 1. The minimum atomic E-state index is -0.523. The molecule has 0 atom stereocenters. The summed E-state index contributed by atoms with van der Waals surface area (Å²) >= 11 is 6.03. The Kier molecular flexibility index (Phi) is 9.72. The summed E-state index contributed by atoms with van der Waals surface area (Å²) < 4.78 is 5.22. The monoisotopic (exact) mass is 483 g/mol. The number of pyridine rings is 1. The molecule has 3 aromatic rings. The van der Waals surface area contributed by atoms with Crippen molar-refractivity contribution in [3.8, 4) is 0 Å². The fourth-order valence-electron chi connectivity index (χ4n) is 3.32. The van der Waals surface area contributed by atoms with Crippen LogP contribution >= 0.6 is 11.6 Å². The van der Waals surface area contributed by atoms with Crippen molar-refractivity contribution in [1.82, 2.24) is 19.9 Å². The predicted molar refractivity (Wildman–Crippen MR) is 134 cm³/mol. The van der Waals surface area contributed by atoms with Crippen molar-refractivity contribution >= 4 is 29.5 Å². The lowest BCUT2D eigenvalue weighted by Gasteiger charge is -2.28. The molecule has 0 bridgehead atoms. The summed E-state index contributed by atoms with van der Waals surface area (Å²) in [6, 6.07) is 13.4. The summed E-state index contributed by atoms with van der Waals surface area (Å²) in [4.78, 5) is 32.0. The van der Waals surface area contributed by atoms with Gasteiger partial charge in [0.2, 0.25) is 5.96 Å². The Bertz CT molecular complexity index is 1030. The van der Waals surface area contributed by atoms with Gasteiger partial charge in [-0.05, 0) is 49.6 Å². The van der Waals surface area contributed by atoms with E-state index in [9.17, 15) is 4.79 Å². The van der Waals surface area contributed by atoms with E-state index >= 15 is 0 Å². The van der Waals surface area contributed by atoms with Crippen molar-refractivity contribution in [2.24, 2.45) is 10.7 Å². The van der Waals surface area contributed by atoms with Crippen LogP contribution in [0.3, 0.4) is 0 Å². The van der Waals surface area contributed by atoms with Gasteiger partial charge < -0.3 is 20.4 Å². The lowest BCUT2D eigenvalue weighted by Crippen LogP contribution is -2.46. The van der Waals surface area contributed by atoms with Crippen LogP contribution in [0.4, 0.5) is 10.6 Å². The van der Waals surface area contributed by atoms with Crippen LogP contribution in [0.5, 0.6) is 0 Å². The highest BCUT2D eigenvalue weighted by molar-refractivity contribution is 6.30. The third-order valence-electron chi connectivity index (χ3n) is 5.05. The van der Waals surface area contributed by atoms with Gasteiger partial charge >= 0.3 is 6.09 Å². The predicted octanol–water partition coefficient (Wildman–Crippen LogP) is 3.87. The van der Waals surface area contributed by atoms with E-state index in [0.29, 0.717) is 31.2 Å². The number of amides is 1. The van der Waals surface area contributed by atoms with Crippen LogP contribution in [0.15, 0.2) is 66.2 Å². The molecule has 2 heterocycles. The van der Waals surface area contributed by atoms with Crippen LogP contribution in [0.1, 0.15) is 24.6 Å². The Balaban J connectivity index is 1.68. The SMILES string of the molecule is CCOC(=O)N(CCN(Cc1ccc(Cl)cc1)c1ccccn1)C(N)=NCCCc1cnc[nH]1. The third-order valence-corrected chi connectivity index (χ3v) is 5.30. The standard InChI is InChI=1S/C24H30ClN7O2/c1-2-34-24(33)32(23(26)29-13-5-6-21-16-27-18-30-21)15-14-31(22-7-3-4-12-28-22)17-19-8-10-20(25)11-9-19/h3-4,7-12,16,18H,2,5-6,13-15,17H2,1H3,(H2,26,29)(H,27,30). The van der Waals surface area contributed by atoms with Crippen molar-refractivity contribution < 1.29 is 9.53 Å². The molecule has 10 heteroatoms. The molecule has 0 aliphatic heterocycles. The fraction of sp³-hybridized carbons (Fsp3) is 0.333. The van der Waals surface area contributed by atoms with E-state index < -0.39 is 6.09 Å². The molecule has 0 aliphatic rings. The van der Waals surface area contributed by atoms with Gasteiger partial charge in [0.05, 0.1) is 12.9 Å². The van der Waals surface area contributed by atoms with Crippen LogP contribution in [-0.4, -0.2) is 58.1 Å². The highest BCUT2D eigenvalue weighted by atomic mass is 35.5. The number of ether oxygens (including phenoxy) is 1. The maximum Gasteiger partial charge on any atom is 0.416 e. The van der Waals surface area contributed by atoms with Gasteiger partial charge in [0.25, 0.3) is 0 Å². The molecule has 9 nitrogen and oxygen atoms in total. The summed E-state index contributed by atoms with van der Waals surface area (Å²) in [6.07, 6.45) is 6.21. The average molecular weight is 484 g/mol. The van der Waals surface area contributed by atoms with Crippen molar-refractivity contribution in [3.05, 3.63) is 77.5 Å². The van der Waals surface area contributed by atoms with Crippen molar-refractivity contribution in [2.45, 2.75) is 26.3 Å². The largest absolute Gasteiger partial charge is 0.449 e. The molecule has 0 saturated carbocycles. The molecule has 2 aromatic heterocycles. The number of carbonyl (C=O) groups is 1. The van der Waals surface area contributed by atoms with Gasteiger partial charge in [0.15, 0.2) is 0 Å². The van der Waals surface area contributed by atoms with E-state index in [1.807, 2.05) is 42.5 Å². The van der Waals surface area contributed by atoms with Crippen LogP contribution in [0.2, 0.25) is 5.02 Å². The Morgan fingerprint density at radius 1 is 1.21 bits per heavy atom. The molecule has 1 aromatic carbocycles. The smallest absolute Gasteiger partial charge is 0.416 e. The minimum absolute atomic E-state index is 0.135. The highest BCUT2D eigenvalue weighted by Crippen LogP contribution is 2.16. The Morgan fingerprint density at radius 2 is 2.03 bits per heavy atom. The van der Waals surface area contributed by atoms with Gasteiger partial charge in [-0.15, -0.1) is 0 Å². The first-order valence-electron chi connectivity index (χ1n) is 11.2. The first kappa shape index (κ1) is 25.0. The van der Waals surface area contributed by atoms with Crippen LogP contribution in [0, 0.1) is 0 Å².